The molecule has 1 fully saturated rings. The molecule has 1 heterocycles. The SMILES string of the molecule is CN(C)C(=O)c1cccc(OC2CC[NH2+]C2)c1. The van der Waals surface area contributed by atoms with Gasteiger partial charge in [-0.1, -0.05) is 6.07 Å². The number of rotatable bonds is 3. The lowest BCUT2D eigenvalue weighted by atomic mass is 10.2. The van der Waals surface area contributed by atoms with Crippen LogP contribution in [0.25, 0.3) is 0 Å². The highest BCUT2D eigenvalue weighted by molar-refractivity contribution is 5.94. The smallest absolute Gasteiger partial charge is 0.253 e. The monoisotopic (exact) mass is 235 g/mol. The van der Waals surface area contributed by atoms with E-state index in [0.717, 1.165) is 25.3 Å². The summed E-state index contributed by atoms with van der Waals surface area (Å²) in [6.45, 7) is 2.13. The van der Waals surface area contributed by atoms with Gasteiger partial charge in [0.15, 0.2) is 6.10 Å². The minimum Gasteiger partial charge on any atom is -0.484 e. The molecule has 1 atom stereocenters. The Hall–Kier alpha value is -1.55. The molecule has 92 valence electrons. The molecule has 1 aliphatic rings. The zero-order valence-electron chi connectivity index (χ0n) is 10.3. The molecule has 0 saturated carbocycles. The molecule has 0 bridgehead atoms. The zero-order valence-corrected chi connectivity index (χ0v) is 10.3. The Balaban J connectivity index is 2.08. The largest absolute Gasteiger partial charge is 0.484 e. The second kappa shape index (κ2) is 5.19. The van der Waals surface area contributed by atoms with E-state index in [0.29, 0.717) is 5.56 Å². The first-order valence-corrected chi connectivity index (χ1v) is 5.97. The fourth-order valence-corrected chi connectivity index (χ4v) is 1.99. The molecule has 1 amide bonds. The van der Waals surface area contributed by atoms with Crippen LogP contribution in [0.1, 0.15) is 16.8 Å². The molecule has 1 unspecified atom stereocenters. The molecule has 1 aliphatic heterocycles. The molecular formula is C13H19N2O2+. The van der Waals surface area contributed by atoms with E-state index in [2.05, 4.69) is 5.32 Å². The quantitative estimate of drug-likeness (QED) is 0.808. The molecule has 0 aliphatic carbocycles. The van der Waals surface area contributed by atoms with Crippen molar-refractivity contribution in [2.24, 2.45) is 0 Å². The van der Waals surface area contributed by atoms with Crippen LogP contribution in [0.5, 0.6) is 5.75 Å². The Morgan fingerprint density at radius 2 is 2.29 bits per heavy atom. The van der Waals surface area contributed by atoms with E-state index in [1.807, 2.05) is 24.3 Å². The first-order chi connectivity index (χ1) is 8.16. The van der Waals surface area contributed by atoms with Crippen LogP contribution in [0.3, 0.4) is 0 Å². The van der Waals surface area contributed by atoms with E-state index in [9.17, 15) is 4.79 Å². The highest BCUT2D eigenvalue weighted by Crippen LogP contribution is 2.16. The fourth-order valence-electron chi connectivity index (χ4n) is 1.99. The van der Waals surface area contributed by atoms with Gasteiger partial charge in [-0.2, -0.15) is 0 Å². The maximum atomic E-state index is 11.8. The van der Waals surface area contributed by atoms with Crippen LogP contribution in [0.2, 0.25) is 0 Å². The fraction of sp³-hybridized carbons (Fsp3) is 0.462. The van der Waals surface area contributed by atoms with E-state index in [4.69, 9.17) is 4.74 Å². The van der Waals surface area contributed by atoms with Gasteiger partial charge in [-0.05, 0) is 18.2 Å². The van der Waals surface area contributed by atoms with Crippen molar-refractivity contribution < 1.29 is 14.8 Å². The lowest BCUT2D eigenvalue weighted by Gasteiger charge is -2.13. The summed E-state index contributed by atoms with van der Waals surface area (Å²) in [5, 5.41) is 2.25. The molecule has 2 N–H and O–H groups in total. The molecule has 2 rings (SSSR count). The Kier molecular flexibility index (Phi) is 3.64. The predicted molar refractivity (Wildman–Crippen MR) is 65.2 cm³/mol. The molecule has 1 saturated heterocycles. The van der Waals surface area contributed by atoms with Gasteiger partial charge in [-0.3, -0.25) is 4.79 Å². The van der Waals surface area contributed by atoms with Gasteiger partial charge in [0.25, 0.3) is 5.91 Å². The van der Waals surface area contributed by atoms with E-state index >= 15 is 0 Å². The van der Waals surface area contributed by atoms with Crippen molar-refractivity contribution in [3.63, 3.8) is 0 Å². The number of ether oxygens (including phenoxy) is 1. The van der Waals surface area contributed by atoms with Crippen LogP contribution in [-0.2, 0) is 0 Å². The molecule has 1 aromatic carbocycles. The van der Waals surface area contributed by atoms with Crippen LogP contribution in [0, 0.1) is 0 Å². The normalized spacial score (nSPS) is 19.1. The lowest BCUT2D eigenvalue weighted by molar-refractivity contribution is -0.638. The summed E-state index contributed by atoms with van der Waals surface area (Å²) in [6, 6.07) is 7.41. The van der Waals surface area contributed by atoms with Crippen LogP contribution >= 0.6 is 0 Å². The molecule has 1 aromatic rings. The number of carbonyl (C=O) groups excluding carboxylic acids is 1. The highest BCUT2D eigenvalue weighted by Gasteiger charge is 2.20. The molecule has 0 radical (unpaired) electrons. The number of carbonyl (C=O) groups is 1. The van der Waals surface area contributed by atoms with Gasteiger partial charge in [0, 0.05) is 26.1 Å². The average Bonchev–Trinajstić information content (AvgIpc) is 2.81. The Bertz CT molecular complexity index is 398. The summed E-state index contributed by atoms with van der Waals surface area (Å²) in [5.74, 6) is 0.798. The second-order valence-corrected chi connectivity index (χ2v) is 4.57. The van der Waals surface area contributed by atoms with Gasteiger partial charge in [-0.25, -0.2) is 0 Å². The highest BCUT2D eigenvalue weighted by atomic mass is 16.5. The van der Waals surface area contributed by atoms with Crippen LogP contribution in [0.4, 0.5) is 0 Å². The van der Waals surface area contributed by atoms with Gasteiger partial charge in [0.05, 0.1) is 6.54 Å². The maximum absolute atomic E-state index is 11.8. The summed E-state index contributed by atoms with van der Waals surface area (Å²) >= 11 is 0. The minimum atomic E-state index is 0.00781. The summed E-state index contributed by atoms with van der Waals surface area (Å²) in [7, 11) is 3.50. The Morgan fingerprint density at radius 1 is 1.47 bits per heavy atom. The van der Waals surface area contributed by atoms with Crippen molar-refractivity contribution >= 4 is 5.91 Å². The Morgan fingerprint density at radius 3 is 2.94 bits per heavy atom. The van der Waals surface area contributed by atoms with Gasteiger partial charge in [0.2, 0.25) is 0 Å². The Labute approximate surface area is 102 Å². The summed E-state index contributed by atoms with van der Waals surface area (Å²) < 4.78 is 5.84. The number of amides is 1. The molecule has 0 aromatic heterocycles. The van der Waals surface area contributed by atoms with Gasteiger partial charge < -0.3 is 15.0 Å². The van der Waals surface area contributed by atoms with Gasteiger partial charge >= 0.3 is 0 Å². The van der Waals surface area contributed by atoms with Gasteiger partial charge in [-0.15, -0.1) is 0 Å². The van der Waals surface area contributed by atoms with E-state index in [1.54, 1.807) is 19.0 Å². The predicted octanol–water partition coefficient (Wildman–Crippen LogP) is 0.103. The summed E-state index contributed by atoms with van der Waals surface area (Å²) in [5.41, 5.74) is 0.675. The van der Waals surface area contributed by atoms with E-state index in [-0.39, 0.29) is 12.0 Å². The number of hydrogen-bond acceptors (Lipinski definition) is 2. The van der Waals surface area contributed by atoms with Crippen LogP contribution < -0.4 is 10.1 Å². The third kappa shape index (κ3) is 2.97. The first kappa shape index (κ1) is 11.9. The van der Waals surface area contributed by atoms with Crippen LogP contribution in [0.15, 0.2) is 24.3 Å². The average molecular weight is 235 g/mol. The maximum Gasteiger partial charge on any atom is 0.253 e. The number of hydrogen-bond donors (Lipinski definition) is 1. The van der Waals surface area contributed by atoms with Gasteiger partial charge in [0.1, 0.15) is 12.3 Å². The molecule has 0 spiro atoms. The second-order valence-electron chi connectivity index (χ2n) is 4.57. The van der Waals surface area contributed by atoms with Crippen molar-refractivity contribution in [2.75, 3.05) is 27.2 Å². The molecule has 17 heavy (non-hydrogen) atoms. The third-order valence-electron chi connectivity index (χ3n) is 2.91. The molecule has 4 nitrogen and oxygen atoms in total. The number of benzene rings is 1. The van der Waals surface area contributed by atoms with Crippen molar-refractivity contribution in [2.45, 2.75) is 12.5 Å². The summed E-state index contributed by atoms with van der Waals surface area (Å²) in [6.07, 6.45) is 1.35. The lowest BCUT2D eigenvalue weighted by Crippen LogP contribution is -2.81. The number of nitrogens with two attached hydrogens (primary N) is 1. The van der Waals surface area contributed by atoms with Crippen molar-refractivity contribution in [1.82, 2.24) is 4.90 Å². The minimum absolute atomic E-state index is 0.00781. The standard InChI is InChI=1S/C13H18N2O2/c1-15(2)13(16)10-4-3-5-11(8-10)17-12-6-7-14-9-12/h3-5,8,12,14H,6-7,9H2,1-2H3/p+1. The van der Waals surface area contributed by atoms with E-state index < -0.39 is 0 Å². The summed E-state index contributed by atoms with van der Waals surface area (Å²) in [4.78, 5) is 13.4. The zero-order chi connectivity index (χ0) is 12.3. The van der Waals surface area contributed by atoms with E-state index in [1.165, 1.54) is 0 Å². The molecule has 4 heteroatoms. The molecular weight excluding hydrogens is 216 g/mol. The van der Waals surface area contributed by atoms with Crippen molar-refractivity contribution in [1.29, 1.82) is 0 Å². The van der Waals surface area contributed by atoms with Crippen molar-refractivity contribution in [3.8, 4) is 5.75 Å². The topological polar surface area (TPSA) is 46.2 Å². The first-order valence-electron chi connectivity index (χ1n) is 5.97. The van der Waals surface area contributed by atoms with Crippen molar-refractivity contribution in [3.05, 3.63) is 29.8 Å². The third-order valence-corrected chi connectivity index (χ3v) is 2.91. The number of nitrogens with zero attached hydrogens (tertiary/aromatic N) is 1. The number of quaternary nitrogens is 1. The van der Waals surface area contributed by atoms with Crippen LogP contribution in [-0.4, -0.2) is 44.1 Å².